The summed E-state index contributed by atoms with van der Waals surface area (Å²) in [6, 6.07) is 6.10. The maximum Gasteiger partial charge on any atom is 0.226 e. The number of fused-ring (bicyclic) bond motifs is 1. The maximum atomic E-state index is 12.6. The molecule has 1 amide bonds. The third-order valence-electron chi connectivity index (χ3n) is 4.75. The van der Waals surface area contributed by atoms with Gasteiger partial charge in [-0.15, -0.1) is 12.4 Å². The zero-order chi connectivity index (χ0) is 14.9. The second-order valence-electron chi connectivity index (χ2n) is 6.28. The molecule has 1 N–H and O–H groups in total. The van der Waals surface area contributed by atoms with E-state index in [1.807, 2.05) is 11.0 Å². The molecule has 1 aromatic rings. The standard InChI is InChI=1S/C17H22N2O3.ClH/c20-17(19-6-1-4-18-5-7-19)14-11-13(14)12-2-3-15-16(10-12)22-9-8-21-15;/h2-3,10,13-14,18H,1,4-9,11H2;1H. The normalized spacial score (nSPS) is 26.0. The van der Waals surface area contributed by atoms with E-state index in [2.05, 4.69) is 17.4 Å². The van der Waals surface area contributed by atoms with Crippen LogP contribution >= 0.6 is 12.4 Å². The van der Waals surface area contributed by atoms with Gasteiger partial charge in [0.25, 0.3) is 0 Å². The van der Waals surface area contributed by atoms with E-state index < -0.39 is 0 Å². The topological polar surface area (TPSA) is 50.8 Å². The fourth-order valence-corrected chi connectivity index (χ4v) is 3.43. The molecule has 2 aliphatic heterocycles. The molecule has 1 aliphatic carbocycles. The molecular weight excluding hydrogens is 316 g/mol. The minimum absolute atomic E-state index is 0. The average Bonchev–Trinajstić information content (AvgIpc) is 3.37. The van der Waals surface area contributed by atoms with E-state index in [0.717, 1.165) is 50.5 Å². The van der Waals surface area contributed by atoms with Crippen molar-refractivity contribution in [2.45, 2.75) is 18.8 Å². The van der Waals surface area contributed by atoms with E-state index in [-0.39, 0.29) is 18.3 Å². The number of halogens is 1. The summed E-state index contributed by atoms with van der Waals surface area (Å²) in [6.07, 6.45) is 2.01. The number of hydrogen-bond acceptors (Lipinski definition) is 4. The predicted octanol–water partition coefficient (Wildman–Crippen LogP) is 1.80. The van der Waals surface area contributed by atoms with Crippen LogP contribution in [0, 0.1) is 5.92 Å². The summed E-state index contributed by atoms with van der Waals surface area (Å²) in [5, 5.41) is 3.34. The molecule has 23 heavy (non-hydrogen) atoms. The lowest BCUT2D eigenvalue weighted by Gasteiger charge is -2.20. The van der Waals surface area contributed by atoms with Crippen molar-refractivity contribution in [3.05, 3.63) is 23.8 Å². The van der Waals surface area contributed by atoms with Crippen LogP contribution in [0.5, 0.6) is 11.5 Å². The van der Waals surface area contributed by atoms with Gasteiger partial charge in [0, 0.05) is 25.6 Å². The molecule has 2 heterocycles. The molecule has 0 spiro atoms. The van der Waals surface area contributed by atoms with Gasteiger partial charge in [0.15, 0.2) is 11.5 Å². The Bertz CT molecular complexity index is 573. The Morgan fingerprint density at radius 2 is 1.96 bits per heavy atom. The number of amides is 1. The van der Waals surface area contributed by atoms with Crippen LogP contribution < -0.4 is 14.8 Å². The minimum atomic E-state index is 0. The Hall–Kier alpha value is -1.46. The van der Waals surface area contributed by atoms with Gasteiger partial charge in [-0.3, -0.25) is 4.79 Å². The smallest absolute Gasteiger partial charge is 0.226 e. The van der Waals surface area contributed by atoms with Gasteiger partial charge in [-0.1, -0.05) is 6.07 Å². The summed E-state index contributed by atoms with van der Waals surface area (Å²) in [5.41, 5.74) is 1.20. The zero-order valence-corrected chi connectivity index (χ0v) is 13.9. The molecule has 6 heteroatoms. The zero-order valence-electron chi connectivity index (χ0n) is 13.1. The van der Waals surface area contributed by atoms with E-state index in [0.29, 0.717) is 25.0 Å². The van der Waals surface area contributed by atoms with E-state index in [1.165, 1.54) is 5.56 Å². The van der Waals surface area contributed by atoms with Gasteiger partial charge in [0.05, 0.1) is 0 Å². The van der Waals surface area contributed by atoms with Gasteiger partial charge in [-0.25, -0.2) is 0 Å². The molecule has 5 nitrogen and oxygen atoms in total. The van der Waals surface area contributed by atoms with Crippen LogP contribution in [-0.4, -0.2) is 50.2 Å². The highest BCUT2D eigenvalue weighted by Crippen LogP contribution is 2.50. The van der Waals surface area contributed by atoms with Crippen LogP contribution in [0.3, 0.4) is 0 Å². The second-order valence-corrected chi connectivity index (χ2v) is 6.28. The van der Waals surface area contributed by atoms with E-state index in [9.17, 15) is 4.79 Å². The van der Waals surface area contributed by atoms with Crippen molar-refractivity contribution in [1.29, 1.82) is 0 Å². The van der Waals surface area contributed by atoms with Gasteiger partial charge >= 0.3 is 0 Å². The van der Waals surface area contributed by atoms with Crippen LogP contribution in [0.4, 0.5) is 0 Å². The first kappa shape index (κ1) is 16.4. The summed E-state index contributed by atoms with van der Waals surface area (Å²) in [4.78, 5) is 14.7. The number of nitrogens with one attached hydrogen (secondary N) is 1. The highest BCUT2D eigenvalue weighted by molar-refractivity contribution is 5.85. The van der Waals surface area contributed by atoms with Crippen molar-refractivity contribution in [2.24, 2.45) is 5.92 Å². The van der Waals surface area contributed by atoms with Crippen molar-refractivity contribution in [2.75, 3.05) is 39.4 Å². The number of benzene rings is 1. The quantitative estimate of drug-likeness (QED) is 0.893. The third-order valence-corrected chi connectivity index (χ3v) is 4.75. The minimum Gasteiger partial charge on any atom is -0.486 e. The van der Waals surface area contributed by atoms with Crippen molar-refractivity contribution >= 4 is 18.3 Å². The molecule has 0 radical (unpaired) electrons. The van der Waals surface area contributed by atoms with Crippen LogP contribution in [0.2, 0.25) is 0 Å². The second kappa shape index (κ2) is 6.97. The molecule has 2 fully saturated rings. The van der Waals surface area contributed by atoms with Crippen LogP contribution in [0.15, 0.2) is 18.2 Å². The molecule has 1 saturated carbocycles. The van der Waals surface area contributed by atoms with Crippen molar-refractivity contribution in [1.82, 2.24) is 10.2 Å². The number of nitrogens with zero attached hydrogens (tertiary/aromatic N) is 1. The fraction of sp³-hybridized carbons (Fsp3) is 0.588. The van der Waals surface area contributed by atoms with Crippen molar-refractivity contribution in [3.8, 4) is 11.5 Å². The molecule has 126 valence electrons. The SMILES string of the molecule is Cl.O=C(C1CC1c1ccc2c(c1)OCCO2)N1CCCNCC1. The first-order valence-corrected chi connectivity index (χ1v) is 8.22. The molecule has 2 atom stereocenters. The highest BCUT2D eigenvalue weighted by atomic mass is 35.5. The number of ether oxygens (including phenoxy) is 2. The Morgan fingerprint density at radius 3 is 2.83 bits per heavy atom. The summed E-state index contributed by atoms with van der Waals surface area (Å²) < 4.78 is 11.2. The van der Waals surface area contributed by atoms with Crippen molar-refractivity contribution in [3.63, 3.8) is 0 Å². The molecule has 2 unspecified atom stereocenters. The monoisotopic (exact) mass is 338 g/mol. The van der Waals surface area contributed by atoms with Gasteiger partial charge in [0.1, 0.15) is 13.2 Å². The number of carbonyl (C=O) groups is 1. The summed E-state index contributed by atoms with van der Waals surface area (Å²) in [5.74, 6) is 2.46. The van der Waals surface area contributed by atoms with E-state index >= 15 is 0 Å². The third kappa shape index (κ3) is 3.40. The summed E-state index contributed by atoms with van der Waals surface area (Å²) >= 11 is 0. The van der Waals surface area contributed by atoms with Crippen molar-refractivity contribution < 1.29 is 14.3 Å². The number of rotatable bonds is 2. The highest BCUT2D eigenvalue weighted by Gasteiger charge is 2.46. The Balaban J connectivity index is 0.00000156. The lowest BCUT2D eigenvalue weighted by molar-refractivity contribution is -0.132. The molecule has 0 bridgehead atoms. The largest absolute Gasteiger partial charge is 0.486 e. The van der Waals surface area contributed by atoms with Gasteiger partial charge in [0.2, 0.25) is 5.91 Å². The van der Waals surface area contributed by atoms with Crippen LogP contribution in [0.25, 0.3) is 0 Å². The predicted molar refractivity (Wildman–Crippen MR) is 89.6 cm³/mol. The number of hydrogen-bond donors (Lipinski definition) is 1. The first-order chi connectivity index (χ1) is 10.8. The molecular formula is C17H23ClN2O3. The lowest BCUT2D eigenvalue weighted by atomic mass is 10.1. The summed E-state index contributed by atoms with van der Waals surface area (Å²) in [7, 11) is 0. The average molecular weight is 339 g/mol. The first-order valence-electron chi connectivity index (χ1n) is 8.22. The van der Waals surface area contributed by atoms with Gasteiger partial charge in [-0.2, -0.15) is 0 Å². The Morgan fingerprint density at radius 1 is 1.13 bits per heavy atom. The Labute approximate surface area is 142 Å². The van der Waals surface area contributed by atoms with Gasteiger partial charge in [-0.05, 0) is 43.0 Å². The fourth-order valence-electron chi connectivity index (χ4n) is 3.43. The Kier molecular flexibility index (Phi) is 4.97. The lowest BCUT2D eigenvalue weighted by Crippen LogP contribution is -2.35. The van der Waals surface area contributed by atoms with E-state index in [4.69, 9.17) is 9.47 Å². The van der Waals surface area contributed by atoms with Crippen LogP contribution in [0.1, 0.15) is 24.3 Å². The molecule has 0 aromatic heterocycles. The molecule has 3 aliphatic rings. The molecule has 1 aromatic carbocycles. The summed E-state index contributed by atoms with van der Waals surface area (Å²) in [6.45, 7) is 4.86. The van der Waals surface area contributed by atoms with Gasteiger partial charge < -0.3 is 19.7 Å². The van der Waals surface area contributed by atoms with Crippen LogP contribution in [-0.2, 0) is 4.79 Å². The number of carbonyl (C=O) groups excluding carboxylic acids is 1. The van der Waals surface area contributed by atoms with E-state index in [1.54, 1.807) is 0 Å². The maximum absolute atomic E-state index is 12.6. The molecule has 1 saturated heterocycles. The molecule has 4 rings (SSSR count).